The number of carbonyl (C=O) groups is 1. The average Bonchev–Trinajstić information content (AvgIpc) is 2.65. The third kappa shape index (κ3) is 4.70. The van der Waals surface area contributed by atoms with Crippen molar-refractivity contribution in [3.8, 4) is 0 Å². The summed E-state index contributed by atoms with van der Waals surface area (Å²) in [4.78, 5) is 16.4. The van der Waals surface area contributed by atoms with Gasteiger partial charge in [-0.15, -0.1) is 0 Å². The second kappa shape index (κ2) is 8.89. The van der Waals surface area contributed by atoms with Crippen molar-refractivity contribution >= 4 is 6.09 Å². The SMILES string of the molecule is CCOC(=O)N1CCC(C)(N2CCC(N[C@H]3CCCC[C@@H]3N)CC2)CC1. The maximum absolute atomic E-state index is 11.9. The number of likely N-dealkylation sites (tertiary alicyclic amines) is 2. The normalized spacial score (nSPS) is 31.0. The van der Waals surface area contributed by atoms with E-state index in [0.29, 0.717) is 24.7 Å². The van der Waals surface area contributed by atoms with E-state index in [1.54, 1.807) is 0 Å². The van der Waals surface area contributed by atoms with Crippen LogP contribution in [0.3, 0.4) is 0 Å². The van der Waals surface area contributed by atoms with Gasteiger partial charge >= 0.3 is 6.09 Å². The van der Waals surface area contributed by atoms with Crippen molar-refractivity contribution in [2.75, 3.05) is 32.8 Å². The van der Waals surface area contributed by atoms with Gasteiger partial charge in [-0.05, 0) is 52.4 Å². The summed E-state index contributed by atoms with van der Waals surface area (Å²) >= 11 is 0. The number of carbonyl (C=O) groups excluding carboxylic acids is 1. The fraction of sp³-hybridized carbons (Fsp3) is 0.950. The number of hydrogen-bond acceptors (Lipinski definition) is 5. The summed E-state index contributed by atoms with van der Waals surface area (Å²) in [6, 6.07) is 1.47. The molecular formula is C20H38N4O2. The summed E-state index contributed by atoms with van der Waals surface area (Å²) in [6.07, 6.45) is 9.36. The van der Waals surface area contributed by atoms with E-state index in [9.17, 15) is 4.79 Å². The molecule has 0 spiro atoms. The molecule has 1 amide bonds. The van der Waals surface area contributed by atoms with Gasteiger partial charge in [-0.25, -0.2) is 4.79 Å². The van der Waals surface area contributed by atoms with Crippen LogP contribution < -0.4 is 11.1 Å². The van der Waals surface area contributed by atoms with E-state index in [-0.39, 0.29) is 11.6 Å². The standard InChI is InChI=1S/C20H38N4O2/c1-3-26-19(25)23-14-10-20(2,11-15-23)24-12-8-16(9-13-24)22-18-7-5-4-6-17(18)21/h16-18,22H,3-15,21H2,1-2H3/t17-,18-/m0/s1. The number of nitrogens with one attached hydrogen (secondary N) is 1. The number of rotatable bonds is 4. The van der Waals surface area contributed by atoms with Crippen LogP contribution in [0.5, 0.6) is 0 Å². The summed E-state index contributed by atoms with van der Waals surface area (Å²) in [7, 11) is 0. The van der Waals surface area contributed by atoms with Gasteiger partial charge in [0.15, 0.2) is 0 Å². The fourth-order valence-corrected chi connectivity index (χ4v) is 4.96. The first-order valence-corrected chi connectivity index (χ1v) is 10.7. The zero-order valence-corrected chi connectivity index (χ0v) is 16.7. The summed E-state index contributed by atoms with van der Waals surface area (Å²) in [5.41, 5.74) is 6.52. The Bertz CT molecular complexity index is 457. The highest BCUT2D eigenvalue weighted by molar-refractivity contribution is 5.67. The Morgan fingerprint density at radius 1 is 1.12 bits per heavy atom. The van der Waals surface area contributed by atoms with Gasteiger partial charge in [0.05, 0.1) is 6.61 Å². The number of amides is 1. The van der Waals surface area contributed by atoms with E-state index >= 15 is 0 Å². The van der Waals surface area contributed by atoms with Crippen LogP contribution in [0.25, 0.3) is 0 Å². The molecule has 150 valence electrons. The maximum atomic E-state index is 11.9. The lowest BCUT2D eigenvalue weighted by atomic mass is 9.85. The topological polar surface area (TPSA) is 70.8 Å². The molecule has 0 radical (unpaired) electrons. The molecule has 26 heavy (non-hydrogen) atoms. The van der Waals surface area contributed by atoms with Crippen molar-refractivity contribution in [2.45, 2.75) is 88.9 Å². The number of piperidine rings is 2. The molecule has 3 aliphatic rings. The molecule has 2 heterocycles. The van der Waals surface area contributed by atoms with Crippen molar-refractivity contribution in [2.24, 2.45) is 5.73 Å². The molecule has 2 aliphatic heterocycles. The van der Waals surface area contributed by atoms with E-state index in [0.717, 1.165) is 39.0 Å². The molecule has 1 saturated carbocycles. The Morgan fingerprint density at radius 3 is 2.38 bits per heavy atom. The number of nitrogens with zero attached hydrogens (tertiary/aromatic N) is 2. The van der Waals surface area contributed by atoms with Gasteiger partial charge in [-0.2, -0.15) is 0 Å². The van der Waals surface area contributed by atoms with Gasteiger partial charge in [0.1, 0.15) is 0 Å². The predicted molar refractivity (Wildman–Crippen MR) is 104 cm³/mol. The van der Waals surface area contributed by atoms with Crippen molar-refractivity contribution < 1.29 is 9.53 Å². The molecule has 6 heteroatoms. The predicted octanol–water partition coefficient (Wildman–Crippen LogP) is 2.32. The highest BCUT2D eigenvalue weighted by atomic mass is 16.6. The van der Waals surface area contributed by atoms with Crippen LogP contribution in [0.2, 0.25) is 0 Å². The first-order chi connectivity index (χ1) is 12.5. The Labute approximate surface area is 158 Å². The molecule has 0 bridgehead atoms. The Kier molecular flexibility index (Phi) is 6.81. The molecule has 3 N–H and O–H groups in total. The smallest absolute Gasteiger partial charge is 0.409 e. The summed E-state index contributed by atoms with van der Waals surface area (Å²) in [6.45, 7) is 8.61. The van der Waals surface area contributed by atoms with Gasteiger partial charge in [0.2, 0.25) is 0 Å². The van der Waals surface area contributed by atoms with E-state index in [1.807, 2.05) is 11.8 Å². The third-order valence-electron chi connectivity index (χ3n) is 6.89. The highest BCUT2D eigenvalue weighted by Gasteiger charge is 2.39. The van der Waals surface area contributed by atoms with Crippen molar-refractivity contribution in [3.05, 3.63) is 0 Å². The van der Waals surface area contributed by atoms with Gasteiger partial charge in [-0.1, -0.05) is 12.8 Å². The van der Waals surface area contributed by atoms with Gasteiger partial charge in [0, 0.05) is 49.8 Å². The monoisotopic (exact) mass is 366 g/mol. The van der Waals surface area contributed by atoms with Gasteiger partial charge in [0.25, 0.3) is 0 Å². The lowest BCUT2D eigenvalue weighted by molar-refractivity contribution is 0.0118. The minimum atomic E-state index is -0.152. The van der Waals surface area contributed by atoms with E-state index in [4.69, 9.17) is 10.5 Å². The zero-order chi connectivity index (χ0) is 18.6. The molecule has 0 aromatic heterocycles. The molecule has 1 aliphatic carbocycles. The summed E-state index contributed by atoms with van der Waals surface area (Å²) in [5.74, 6) is 0. The number of ether oxygens (including phenoxy) is 1. The first kappa shape index (κ1) is 19.9. The van der Waals surface area contributed by atoms with E-state index in [1.165, 1.54) is 38.5 Å². The minimum absolute atomic E-state index is 0.152. The van der Waals surface area contributed by atoms with Crippen LogP contribution >= 0.6 is 0 Å². The fourth-order valence-electron chi connectivity index (χ4n) is 4.96. The van der Waals surface area contributed by atoms with Crippen LogP contribution in [-0.4, -0.2) is 72.3 Å². The molecule has 2 saturated heterocycles. The lowest BCUT2D eigenvalue weighted by Gasteiger charge is -2.49. The van der Waals surface area contributed by atoms with Crippen LogP contribution in [0, 0.1) is 0 Å². The summed E-state index contributed by atoms with van der Waals surface area (Å²) < 4.78 is 5.14. The van der Waals surface area contributed by atoms with Crippen molar-refractivity contribution in [3.63, 3.8) is 0 Å². The molecule has 3 fully saturated rings. The largest absolute Gasteiger partial charge is 0.450 e. The second-order valence-electron chi connectivity index (χ2n) is 8.67. The molecule has 6 nitrogen and oxygen atoms in total. The van der Waals surface area contributed by atoms with Crippen LogP contribution in [-0.2, 0) is 4.74 Å². The molecule has 0 aromatic carbocycles. The lowest BCUT2D eigenvalue weighted by Crippen LogP contribution is -2.59. The highest BCUT2D eigenvalue weighted by Crippen LogP contribution is 2.31. The molecule has 0 aromatic rings. The second-order valence-corrected chi connectivity index (χ2v) is 8.67. The van der Waals surface area contributed by atoms with E-state index < -0.39 is 0 Å². The van der Waals surface area contributed by atoms with E-state index in [2.05, 4.69) is 17.1 Å². The number of hydrogen-bond donors (Lipinski definition) is 2. The van der Waals surface area contributed by atoms with Crippen molar-refractivity contribution in [1.82, 2.24) is 15.1 Å². The Morgan fingerprint density at radius 2 is 1.77 bits per heavy atom. The molecule has 0 unspecified atom stereocenters. The molecule has 2 atom stereocenters. The molecule has 3 rings (SSSR count). The van der Waals surface area contributed by atoms with Crippen molar-refractivity contribution in [1.29, 1.82) is 0 Å². The third-order valence-corrected chi connectivity index (χ3v) is 6.89. The summed E-state index contributed by atoms with van der Waals surface area (Å²) in [5, 5.41) is 3.86. The Balaban J connectivity index is 1.43. The minimum Gasteiger partial charge on any atom is -0.450 e. The quantitative estimate of drug-likeness (QED) is 0.799. The maximum Gasteiger partial charge on any atom is 0.409 e. The van der Waals surface area contributed by atoms with Gasteiger partial charge < -0.3 is 20.7 Å². The zero-order valence-electron chi connectivity index (χ0n) is 16.7. The average molecular weight is 367 g/mol. The van der Waals surface area contributed by atoms with Crippen LogP contribution in [0.4, 0.5) is 4.79 Å². The van der Waals surface area contributed by atoms with Crippen LogP contribution in [0.1, 0.15) is 65.2 Å². The number of nitrogens with two attached hydrogens (primary N) is 1. The first-order valence-electron chi connectivity index (χ1n) is 10.7. The van der Waals surface area contributed by atoms with Crippen LogP contribution in [0.15, 0.2) is 0 Å². The Hall–Kier alpha value is -0.850. The molecular weight excluding hydrogens is 328 g/mol. The van der Waals surface area contributed by atoms with Gasteiger partial charge in [-0.3, -0.25) is 4.90 Å².